The molecule has 0 saturated heterocycles. The van der Waals surface area contributed by atoms with Gasteiger partial charge in [-0.3, -0.25) is 25.2 Å². The Bertz CT molecular complexity index is 960. The Morgan fingerprint density at radius 3 is 1.66 bits per heavy atom. The van der Waals surface area contributed by atoms with Crippen molar-refractivity contribution in [2.45, 2.75) is 12.5 Å². The lowest BCUT2D eigenvalue weighted by Crippen LogP contribution is -2.53. The van der Waals surface area contributed by atoms with E-state index < -0.39 is 17.9 Å². The van der Waals surface area contributed by atoms with Crippen LogP contribution in [-0.2, 0) is 11.2 Å². The van der Waals surface area contributed by atoms with Gasteiger partial charge in [0.15, 0.2) is 0 Å². The molecule has 146 valence electrons. The predicted octanol–water partition coefficient (Wildman–Crippen LogP) is 2.49. The minimum Gasteiger partial charge on any atom is -0.340 e. The van der Waals surface area contributed by atoms with Crippen LogP contribution >= 0.6 is 0 Å². The fraction of sp³-hybridized carbons (Fsp3) is 0.0870. The van der Waals surface area contributed by atoms with Gasteiger partial charge in [-0.1, -0.05) is 66.7 Å². The van der Waals surface area contributed by atoms with Gasteiger partial charge >= 0.3 is 0 Å². The van der Waals surface area contributed by atoms with Crippen LogP contribution in [-0.4, -0.2) is 23.8 Å². The third-order valence-electron chi connectivity index (χ3n) is 4.28. The van der Waals surface area contributed by atoms with E-state index in [9.17, 15) is 14.4 Å². The van der Waals surface area contributed by atoms with Gasteiger partial charge in [0, 0.05) is 17.5 Å². The molecular weight excluding hydrogens is 366 g/mol. The molecule has 0 aliphatic heterocycles. The van der Waals surface area contributed by atoms with Gasteiger partial charge in [-0.15, -0.1) is 0 Å². The van der Waals surface area contributed by atoms with Crippen LogP contribution in [0.15, 0.2) is 91.0 Å². The number of hydrogen-bond donors (Lipinski definition) is 3. The molecule has 29 heavy (non-hydrogen) atoms. The lowest BCUT2D eigenvalue weighted by Gasteiger charge is -2.19. The summed E-state index contributed by atoms with van der Waals surface area (Å²) in [5.74, 6) is -1.31. The lowest BCUT2D eigenvalue weighted by atomic mass is 10.0. The van der Waals surface area contributed by atoms with E-state index in [0.717, 1.165) is 5.56 Å². The van der Waals surface area contributed by atoms with E-state index in [1.54, 1.807) is 54.6 Å². The van der Waals surface area contributed by atoms with Crippen molar-refractivity contribution in [3.63, 3.8) is 0 Å². The largest absolute Gasteiger partial charge is 0.340 e. The molecule has 3 rings (SSSR count). The fourth-order valence-corrected chi connectivity index (χ4v) is 2.76. The molecule has 3 N–H and O–H groups in total. The second-order valence-corrected chi connectivity index (χ2v) is 6.39. The number of nitrogens with one attached hydrogen (secondary N) is 3. The summed E-state index contributed by atoms with van der Waals surface area (Å²) in [6.07, 6.45) is 0.284. The van der Waals surface area contributed by atoms with E-state index in [2.05, 4.69) is 16.2 Å². The minimum atomic E-state index is -0.860. The van der Waals surface area contributed by atoms with Gasteiger partial charge in [0.2, 0.25) is 0 Å². The standard InChI is InChI=1S/C23H21N3O3/c27-21(18-12-6-2-7-13-18)24-20(16-17-10-4-1-5-11-17)23(29)26-25-22(28)19-14-8-3-9-15-19/h1-15,20H,16H2,(H,24,27)(H,25,28)(H,26,29). The molecular formula is C23H21N3O3. The summed E-state index contributed by atoms with van der Waals surface area (Å²) in [6, 6.07) is 25.7. The summed E-state index contributed by atoms with van der Waals surface area (Å²) >= 11 is 0. The van der Waals surface area contributed by atoms with Crippen LogP contribution in [0.25, 0.3) is 0 Å². The highest BCUT2D eigenvalue weighted by molar-refractivity contribution is 5.99. The number of carbonyl (C=O) groups is 3. The molecule has 3 aromatic rings. The highest BCUT2D eigenvalue weighted by atomic mass is 16.2. The Kier molecular flexibility index (Phi) is 6.73. The summed E-state index contributed by atoms with van der Waals surface area (Å²) in [4.78, 5) is 37.4. The third-order valence-corrected chi connectivity index (χ3v) is 4.28. The molecule has 0 fully saturated rings. The topological polar surface area (TPSA) is 87.3 Å². The van der Waals surface area contributed by atoms with Gasteiger partial charge < -0.3 is 5.32 Å². The molecule has 0 aliphatic rings. The average molecular weight is 387 g/mol. The van der Waals surface area contributed by atoms with Crippen LogP contribution in [0.4, 0.5) is 0 Å². The van der Waals surface area contributed by atoms with Gasteiger partial charge in [0.1, 0.15) is 6.04 Å². The van der Waals surface area contributed by atoms with Crippen LogP contribution in [0.5, 0.6) is 0 Å². The molecule has 0 spiro atoms. The van der Waals surface area contributed by atoms with Crippen LogP contribution in [0.1, 0.15) is 26.3 Å². The fourth-order valence-electron chi connectivity index (χ4n) is 2.76. The predicted molar refractivity (Wildman–Crippen MR) is 110 cm³/mol. The number of carbonyl (C=O) groups excluding carboxylic acids is 3. The number of rotatable bonds is 6. The lowest BCUT2D eigenvalue weighted by molar-refractivity contribution is -0.123. The molecule has 0 aliphatic carbocycles. The van der Waals surface area contributed by atoms with Crippen molar-refractivity contribution >= 4 is 17.7 Å². The molecule has 6 nitrogen and oxygen atoms in total. The van der Waals surface area contributed by atoms with E-state index in [0.29, 0.717) is 11.1 Å². The van der Waals surface area contributed by atoms with E-state index in [1.807, 2.05) is 36.4 Å². The Morgan fingerprint density at radius 2 is 1.10 bits per heavy atom. The molecule has 0 heterocycles. The Morgan fingerprint density at radius 1 is 0.621 bits per heavy atom. The average Bonchev–Trinajstić information content (AvgIpc) is 2.78. The zero-order valence-corrected chi connectivity index (χ0v) is 15.7. The van der Waals surface area contributed by atoms with Crippen LogP contribution < -0.4 is 16.2 Å². The summed E-state index contributed by atoms with van der Waals surface area (Å²) in [6.45, 7) is 0. The highest BCUT2D eigenvalue weighted by Gasteiger charge is 2.22. The van der Waals surface area contributed by atoms with Crippen LogP contribution in [0.2, 0.25) is 0 Å². The van der Waals surface area contributed by atoms with Crippen molar-refractivity contribution in [2.75, 3.05) is 0 Å². The number of hydrogen-bond acceptors (Lipinski definition) is 3. The number of amides is 3. The van der Waals surface area contributed by atoms with Crippen molar-refractivity contribution in [2.24, 2.45) is 0 Å². The maximum absolute atomic E-state index is 12.7. The monoisotopic (exact) mass is 387 g/mol. The third kappa shape index (κ3) is 5.77. The highest BCUT2D eigenvalue weighted by Crippen LogP contribution is 2.06. The number of hydrazine groups is 1. The Labute approximate surface area is 168 Å². The first-order chi connectivity index (χ1) is 14.1. The van der Waals surface area contributed by atoms with Crippen LogP contribution in [0, 0.1) is 0 Å². The normalized spacial score (nSPS) is 11.2. The molecule has 0 aromatic heterocycles. The zero-order valence-electron chi connectivity index (χ0n) is 15.7. The molecule has 3 aromatic carbocycles. The first-order valence-corrected chi connectivity index (χ1v) is 9.18. The van der Waals surface area contributed by atoms with Gasteiger partial charge in [0.05, 0.1) is 0 Å². The second kappa shape index (κ2) is 9.85. The van der Waals surface area contributed by atoms with Crippen molar-refractivity contribution in [3.8, 4) is 0 Å². The summed E-state index contributed by atoms with van der Waals surface area (Å²) in [5, 5.41) is 2.74. The Balaban J connectivity index is 1.68. The number of benzene rings is 3. The maximum atomic E-state index is 12.7. The van der Waals surface area contributed by atoms with Crippen molar-refractivity contribution in [1.82, 2.24) is 16.2 Å². The smallest absolute Gasteiger partial charge is 0.269 e. The van der Waals surface area contributed by atoms with E-state index in [4.69, 9.17) is 0 Å². The molecule has 1 unspecified atom stereocenters. The van der Waals surface area contributed by atoms with Gasteiger partial charge in [-0.05, 0) is 29.8 Å². The first kappa shape index (κ1) is 19.8. The maximum Gasteiger partial charge on any atom is 0.269 e. The van der Waals surface area contributed by atoms with E-state index in [1.165, 1.54) is 0 Å². The molecule has 1 atom stereocenters. The summed E-state index contributed by atoms with van der Waals surface area (Å²) < 4.78 is 0. The quantitative estimate of drug-likeness (QED) is 0.568. The van der Waals surface area contributed by atoms with Gasteiger partial charge in [0.25, 0.3) is 17.7 Å². The second-order valence-electron chi connectivity index (χ2n) is 6.39. The van der Waals surface area contributed by atoms with Crippen LogP contribution in [0.3, 0.4) is 0 Å². The van der Waals surface area contributed by atoms with E-state index in [-0.39, 0.29) is 12.3 Å². The summed E-state index contributed by atoms with van der Waals surface area (Å²) in [5.41, 5.74) is 6.55. The molecule has 0 radical (unpaired) electrons. The SMILES string of the molecule is O=C(NNC(=O)C(Cc1ccccc1)NC(=O)c1ccccc1)c1ccccc1. The Hall–Kier alpha value is -3.93. The first-order valence-electron chi connectivity index (χ1n) is 9.18. The summed E-state index contributed by atoms with van der Waals surface area (Å²) in [7, 11) is 0. The van der Waals surface area contributed by atoms with E-state index >= 15 is 0 Å². The minimum absolute atomic E-state index is 0.284. The molecule has 0 saturated carbocycles. The van der Waals surface area contributed by atoms with Gasteiger partial charge in [-0.2, -0.15) is 0 Å². The molecule has 0 bridgehead atoms. The van der Waals surface area contributed by atoms with Crippen molar-refractivity contribution in [3.05, 3.63) is 108 Å². The molecule has 6 heteroatoms. The van der Waals surface area contributed by atoms with Crippen molar-refractivity contribution in [1.29, 1.82) is 0 Å². The van der Waals surface area contributed by atoms with Crippen molar-refractivity contribution < 1.29 is 14.4 Å². The van der Waals surface area contributed by atoms with Gasteiger partial charge in [-0.25, -0.2) is 0 Å². The molecule has 3 amide bonds. The zero-order chi connectivity index (χ0) is 20.5.